The number of carbonyl (C=O) groups is 1. The van der Waals surface area contributed by atoms with Gasteiger partial charge in [0.2, 0.25) is 5.95 Å². The first-order valence-corrected chi connectivity index (χ1v) is 11.6. The quantitative estimate of drug-likeness (QED) is 0.402. The fourth-order valence-corrected chi connectivity index (χ4v) is 4.42. The minimum Gasteiger partial charge on any atom is -0.462 e. The van der Waals surface area contributed by atoms with Gasteiger partial charge in [-0.15, -0.1) is 10.2 Å². The maximum absolute atomic E-state index is 12.3. The van der Waals surface area contributed by atoms with Crippen LogP contribution < -0.4 is 9.80 Å². The highest BCUT2D eigenvalue weighted by molar-refractivity contribution is 5.97. The molecule has 0 N–H and O–H groups in total. The van der Waals surface area contributed by atoms with Gasteiger partial charge >= 0.3 is 5.97 Å². The molecule has 176 valence electrons. The molecule has 5 rings (SSSR count). The fourth-order valence-electron chi connectivity index (χ4n) is 4.42. The Kier molecular flexibility index (Phi) is 5.95. The molecule has 10 nitrogen and oxygen atoms in total. The second kappa shape index (κ2) is 9.20. The first kappa shape index (κ1) is 22.0. The van der Waals surface area contributed by atoms with Gasteiger partial charge in [0.25, 0.3) is 0 Å². The molecule has 10 heteroatoms. The molecule has 1 aromatic carbocycles. The SMILES string of the molecule is CCOC(=O)c1cnn2c1nnc1c(N3CCC(Cc4ccccc4)CC3)nc(N(C)C)nc12. The van der Waals surface area contributed by atoms with Crippen molar-refractivity contribution < 1.29 is 9.53 Å². The molecule has 0 radical (unpaired) electrons. The molecular formula is C24H28N8O2. The number of piperidine rings is 1. The molecular weight excluding hydrogens is 432 g/mol. The van der Waals surface area contributed by atoms with Crippen LogP contribution in [0.2, 0.25) is 0 Å². The summed E-state index contributed by atoms with van der Waals surface area (Å²) in [6, 6.07) is 10.7. The van der Waals surface area contributed by atoms with Crippen molar-refractivity contribution in [2.45, 2.75) is 26.2 Å². The summed E-state index contributed by atoms with van der Waals surface area (Å²) in [5.74, 6) is 1.45. The van der Waals surface area contributed by atoms with Gasteiger partial charge in [-0.2, -0.15) is 19.6 Å². The number of aromatic nitrogens is 6. The van der Waals surface area contributed by atoms with Gasteiger partial charge in [-0.1, -0.05) is 30.3 Å². The summed E-state index contributed by atoms with van der Waals surface area (Å²) in [6.07, 6.45) is 4.68. The highest BCUT2D eigenvalue weighted by Crippen LogP contribution is 2.30. The average molecular weight is 461 g/mol. The molecule has 1 saturated heterocycles. The third kappa shape index (κ3) is 4.11. The molecule has 0 aliphatic carbocycles. The second-order valence-electron chi connectivity index (χ2n) is 8.75. The highest BCUT2D eigenvalue weighted by atomic mass is 16.5. The zero-order valence-corrected chi connectivity index (χ0v) is 19.7. The summed E-state index contributed by atoms with van der Waals surface area (Å²) in [4.78, 5) is 25.9. The summed E-state index contributed by atoms with van der Waals surface area (Å²) in [5, 5.41) is 13.1. The lowest BCUT2D eigenvalue weighted by Gasteiger charge is -2.33. The molecule has 0 spiro atoms. The van der Waals surface area contributed by atoms with E-state index in [-0.39, 0.29) is 12.2 Å². The molecule has 1 aliphatic rings. The van der Waals surface area contributed by atoms with Crippen LogP contribution in [0, 0.1) is 5.92 Å². The molecule has 4 aromatic rings. The van der Waals surface area contributed by atoms with E-state index >= 15 is 0 Å². The number of fused-ring (bicyclic) bond motifs is 3. The maximum atomic E-state index is 12.3. The monoisotopic (exact) mass is 460 g/mol. The number of hydrogen-bond acceptors (Lipinski definition) is 9. The van der Waals surface area contributed by atoms with Gasteiger partial charge in [-0.05, 0) is 37.7 Å². The van der Waals surface area contributed by atoms with E-state index in [2.05, 4.69) is 55.5 Å². The third-order valence-corrected chi connectivity index (χ3v) is 6.20. The van der Waals surface area contributed by atoms with Gasteiger partial charge < -0.3 is 14.5 Å². The second-order valence-corrected chi connectivity index (χ2v) is 8.75. The van der Waals surface area contributed by atoms with E-state index in [4.69, 9.17) is 9.72 Å². The molecule has 0 saturated carbocycles. The van der Waals surface area contributed by atoms with Crippen LogP contribution in [0.3, 0.4) is 0 Å². The third-order valence-electron chi connectivity index (χ3n) is 6.20. The predicted molar refractivity (Wildman–Crippen MR) is 129 cm³/mol. The summed E-state index contributed by atoms with van der Waals surface area (Å²) < 4.78 is 6.68. The van der Waals surface area contributed by atoms with E-state index in [0.29, 0.717) is 28.7 Å². The van der Waals surface area contributed by atoms with Crippen LogP contribution in [0.1, 0.15) is 35.7 Å². The Bertz CT molecular complexity index is 1310. The zero-order chi connectivity index (χ0) is 23.7. The minimum absolute atomic E-state index is 0.268. The number of esters is 1. The van der Waals surface area contributed by atoms with Crippen LogP contribution in [0.4, 0.5) is 11.8 Å². The number of benzene rings is 1. The van der Waals surface area contributed by atoms with Crippen molar-refractivity contribution in [2.24, 2.45) is 5.92 Å². The summed E-state index contributed by atoms with van der Waals surface area (Å²) in [5.41, 5.74) is 3.05. The Morgan fingerprint density at radius 3 is 2.56 bits per heavy atom. The van der Waals surface area contributed by atoms with Crippen LogP contribution in [-0.4, -0.2) is 69.5 Å². The van der Waals surface area contributed by atoms with Gasteiger partial charge in [0, 0.05) is 27.2 Å². The first-order valence-electron chi connectivity index (χ1n) is 11.6. The molecule has 0 bridgehead atoms. The number of carbonyl (C=O) groups excluding carboxylic acids is 1. The van der Waals surface area contributed by atoms with Gasteiger partial charge in [-0.3, -0.25) is 0 Å². The van der Waals surface area contributed by atoms with Crippen molar-refractivity contribution in [2.75, 3.05) is 43.6 Å². The number of ether oxygens (including phenoxy) is 1. The molecule has 0 unspecified atom stereocenters. The van der Waals surface area contributed by atoms with Crippen molar-refractivity contribution in [3.8, 4) is 0 Å². The van der Waals surface area contributed by atoms with Crippen molar-refractivity contribution in [3.05, 3.63) is 47.7 Å². The normalized spacial score (nSPS) is 14.6. The zero-order valence-electron chi connectivity index (χ0n) is 19.7. The largest absolute Gasteiger partial charge is 0.462 e. The minimum atomic E-state index is -0.478. The average Bonchev–Trinajstić information content (AvgIpc) is 3.29. The Balaban J connectivity index is 1.48. The lowest BCUT2D eigenvalue weighted by Crippen LogP contribution is -2.35. The summed E-state index contributed by atoms with van der Waals surface area (Å²) in [7, 11) is 3.80. The Morgan fingerprint density at radius 1 is 1.09 bits per heavy atom. The van der Waals surface area contributed by atoms with E-state index in [0.717, 1.165) is 38.2 Å². The van der Waals surface area contributed by atoms with E-state index in [1.165, 1.54) is 11.8 Å². The lowest BCUT2D eigenvalue weighted by atomic mass is 9.90. The van der Waals surface area contributed by atoms with E-state index in [9.17, 15) is 4.79 Å². The molecule has 1 fully saturated rings. The molecule has 3 aromatic heterocycles. The van der Waals surface area contributed by atoms with Crippen LogP contribution >= 0.6 is 0 Å². The Labute approximate surface area is 197 Å². The van der Waals surface area contributed by atoms with Crippen molar-refractivity contribution >= 4 is 34.5 Å². The van der Waals surface area contributed by atoms with Crippen molar-refractivity contribution in [1.29, 1.82) is 0 Å². The fraction of sp³-hybridized carbons (Fsp3) is 0.417. The lowest BCUT2D eigenvalue weighted by molar-refractivity contribution is 0.0528. The molecule has 34 heavy (non-hydrogen) atoms. The van der Waals surface area contributed by atoms with Crippen LogP contribution in [0.25, 0.3) is 16.8 Å². The van der Waals surface area contributed by atoms with Crippen LogP contribution in [0.5, 0.6) is 0 Å². The maximum Gasteiger partial charge on any atom is 0.343 e. The number of hydrogen-bond donors (Lipinski definition) is 0. The van der Waals surface area contributed by atoms with Crippen LogP contribution in [0.15, 0.2) is 36.5 Å². The van der Waals surface area contributed by atoms with Gasteiger partial charge in [-0.25, -0.2) is 4.79 Å². The first-order chi connectivity index (χ1) is 16.5. The highest BCUT2D eigenvalue weighted by Gasteiger charge is 2.26. The molecule has 0 amide bonds. The number of rotatable bonds is 6. The molecule has 1 aliphatic heterocycles. The summed E-state index contributed by atoms with van der Waals surface area (Å²) in [6.45, 7) is 3.79. The molecule has 4 heterocycles. The summed E-state index contributed by atoms with van der Waals surface area (Å²) >= 11 is 0. The van der Waals surface area contributed by atoms with Gasteiger partial charge in [0.1, 0.15) is 5.56 Å². The molecule has 0 atom stereocenters. The van der Waals surface area contributed by atoms with Gasteiger partial charge in [0.05, 0.1) is 12.8 Å². The smallest absolute Gasteiger partial charge is 0.343 e. The number of nitrogens with zero attached hydrogens (tertiary/aromatic N) is 8. The van der Waals surface area contributed by atoms with E-state index < -0.39 is 5.97 Å². The Hall–Kier alpha value is -3.82. The topological polar surface area (TPSA) is 102 Å². The van der Waals surface area contributed by atoms with Crippen molar-refractivity contribution in [3.63, 3.8) is 0 Å². The Morgan fingerprint density at radius 2 is 1.85 bits per heavy atom. The van der Waals surface area contributed by atoms with Crippen LogP contribution in [-0.2, 0) is 11.2 Å². The predicted octanol–water partition coefficient (Wildman–Crippen LogP) is 2.77. The van der Waals surface area contributed by atoms with E-state index in [1.807, 2.05) is 19.0 Å². The standard InChI is InChI=1S/C24H28N8O2/c1-4-34-23(33)18-15-25-32-20(18)29-28-19-21(26-24(30(2)3)27-22(19)32)31-12-10-17(11-13-31)14-16-8-6-5-7-9-16/h5-9,15,17H,4,10-14H2,1-3H3. The van der Waals surface area contributed by atoms with Crippen molar-refractivity contribution in [1.82, 2.24) is 29.8 Å². The van der Waals surface area contributed by atoms with E-state index in [1.54, 1.807) is 11.4 Å². The number of anilines is 2. The van der Waals surface area contributed by atoms with Gasteiger partial charge in [0.15, 0.2) is 22.6 Å².